The summed E-state index contributed by atoms with van der Waals surface area (Å²) in [5.41, 5.74) is 1.14. The van der Waals surface area contributed by atoms with Gasteiger partial charge in [-0.25, -0.2) is 0 Å². The van der Waals surface area contributed by atoms with Crippen molar-refractivity contribution in [3.8, 4) is 0 Å². The quantitative estimate of drug-likeness (QED) is 0.693. The van der Waals surface area contributed by atoms with E-state index in [2.05, 4.69) is 38.1 Å². The molecule has 2 heteroatoms. The van der Waals surface area contributed by atoms with E-state index in [0.717, 1.165) is 18.5 Å². The van der Waals surface area contributed by atoms with Crippen LogP contribution in [0.2, 0.25) is 0 Å². The Balaban J connectivity index is 2.57. The second kappa shape index (κ2) is 9.73. The molecular formula is C18H29NO. The monoisotopic (exact) mass is 275 g/mol. The molecule has 2 nitrogen and oxygen atoms in total. The fraction of sp³-hybridized carbons (Fsp3) is 0.556. The first kappa shape index (κ1) is 16.9. The van der Waals surface area contributed by atoms with Crippen LogP contribution in [0.5, 0.6) is 0 Å². The molecule has 0 heterocycles. The minimum absolute atomic E-state index is 0.316. The van der Waals surface area contributed by atoms with Crippen molar-refractivity contribution in [2.24, 2.45) is 5.92 Å². The molecule has 112 valence electrons. The molecule has 0 bridgehead atoms. The molecule has 0 amide bonds. The van der Waals surface area contributed by atoms with Crippen molar-refractivity contribution in [1.29, 1.82) is 0 Å². The van der Waals surface area contributed by atoms with Gasteiger partial charge in [0.1, 0.15) is 0 Å². The lowest BCUT2D eigenvalue weighted by molar-refractivity contribution is 0.122. The maximum absolute atomic E-state index is 10.4. The number of hydrogen-bond acceptors (Lipinski definition) is 2. The molecule has 0 aromatic heterocycles. The highest BCUT2D eigenvalue weighted by Crippen LogP contribution is 2.17. The summed E-state index contributed by atoms with van der Waals surface area (Å²) >= 11 is 0. The molecule has 0 radical (unpaired) electrons. The fourth-order valence-corrected chi connectivity index (χ4v) is 2.43. The van der Waals surface area contributed by atoms with Crippen LogP contribution in [0.25, 0.3) is 6.08 Å². The third kappa shape index (κ3) is 6.88. The standard InChI is InChI=1S/C18H29NO/c1-4-5-7-12-17(15-19(2)3)18(20)14-13-16-10-8-6-9-11-16/h6,8-11,13-14,17-18,20H,4-5,7,12,15H2,1-3H3/b14-13+. The molecule has 0 aliphatic heterocycles. The molecule has 0 fully saturated rings. The zero-order valence-electron chi connectivity index (χ0n) is 13.1. The van der Waals surface area contributed by atoms with Gasteiger partial charge in [-0.3, -0.25) is 0 Å². The molecular weight excluding hydrogens is 246 g/mol. The molecule has 1 N–H and O–H groups in total. The highest BCUT2D eigenvalue weighted by molar-refractivity contribution is 5.49. The van der Waals surface area contributed by atoms with Gasteiger partial charge in [0.15, 0.2) is 0 Å². The zero-order chi connectivity index (χ0) is 14.8. The summed E-state index contributed by atoms with van der Waals surface area (Å²) in [6, 6.07) is 10.2. The van der Waals surface area contributed by atoms with Gasteiger partial charge in [0.05, 0.1) is 6.10 Å². The smallest absolute Gasteiger partial charge is 0.0764 e. The van der Waals surface area contributed by atoms with Crippen LogP contribution in [0.4, 0.5) is 0 Å². The average molecular weight is 275 g/mol. The van der Waals surface area contributed by atoms with Gasteiger partial charge in [-0.1, -0.05) is 68.7 Å². The SMILES string of the molecule is CCCCCC(CN(C)C)C(O)/C=C/c1ccccc1. The van der Waals surface area contributed by atoms with Gasteiger partial charge in [-0.05, 0) is 26.1 Å². The lowest BCUT2D eigenvalue weighted by Gasteiger charge is -2.24. The van der Waals surface area contributed by atoms with Gasteiger partial charge >= 0.3 is 0 Å². The van der Waals surface area contributed by atoms with E-state index in [1.54, 1.807) is 0 Å². The minimum Gasteiger partial charge on any atom is -0.389 e. The van der Waals surface area contributed by atoms with E-state index in [4.69, 9.17) is 0 Å². The number of rotatable bonds is 9. The number of hydrogen-bond donors (Lipinski definition) is 1. The number of benzene rings is 1. The molecule has 1 rings (SSSR count). The summed E-state index contributed by atoms with van der Waals surface area (Å²) in [7, 11) is 4.14. The Morgan fingerprint density at radius 2 is 1.85 bits per heavy atom. The van der Waals surface area contributed by atoms with E-state index >= 15 is 0 Å². The van der Waals surface area contributed by atoms with E-state index in [-0.39, 0.29) is 6.10 Å². The van der Waals surface area contributed by atoms with Crippen molar-refractivity contribution in [2.45, 2.75) is 38.7 Å². The lowest BCUT2D eigenvalue weighted by atomic mass is 9.94. The van der Waals surface area contributed by atoms with Crippen LogP contribution in [-0.4, -0.2) is 36.8 Å². The Labute approximate surface area is 124 Å². The molecule has 0 aliphatic carbocycles. The molecule has 0 saturated heterocycles. The van der Waals surface area contributed by atoms with Crippen LogP contribution in [0.15, 0.2) is 36.4 Å². The second-order valence-corrected chi connectivity index (χ2v) is 5.78. The van der Waals surface area contributed by atoms with Crippen LogP contribution < -0.4 is 0 Å². The van der Waals surface area contributed by atoms with Gasteiger partial charge in [0, 0.05) is 12.5 Å². The first-order chi connectivity index (χ1) is 9.63. The average Bonchev–Trinajstić information content (AvgIpc) is 2.44. The number of aliphatic hydroxyl groups is 1. The molecule has 1 aromatic carbocycles. The largest absolute Gasteiger partial charge is 0.389 e. The number of unbranched alkanes of at least 4 members (excludes halogenated alkanes) is 2. The van der Waals surface area contributed by atoms with Gasteiger partial charge in [0.2, 0.25) is 0 Å². The normalized spacial score (nSPS) is 14.8. The molecule has 20 heavy (non-hydrogen) atoms. The maximum atomic E-state index is 10.4. The van der Waals surface area contributed by atoms with Crippen LogP contribution in [-0.2, 0) is 0 Å². The third-order valence-electron chi connectivity index (χ3n) is 3.55. The van der Waals surface area contributed by atoms with Crippen molar-refractivity contribution in [1.82, 2.24) is 4.90 Å². The Morgan fingerprint density at radius 1 is 1.15 bits per heavy atom. The Hall–Kier alpha value is -1.12. The highest BCUT2D eigenvalue weighted by atomic mass is 16.3. The van der Waals surface area contributed by atoms with Crippen molar-refractivity contribution in [3.63, 3.8) is 0 Å². The Morgan fingerprint density at radius 3 is 2.45 bits per heavy atom. The maximum Gasteiger partial charge on any atom is 0.0764 e. The van der Waals surface area contributed by atoms with Gasteiger partial charge in [0.25, 0.3) is 0 Å². The van der Waals surface area contributed by atoms with Crippen LogP contribution in [0.1, 0.15) is 38.2 Å². The summed E-state index contributed by atoms with van der Waals surface area (Å²) in [6.07, 6.45) is 8.36. The fourth-order valence-electron chi connectivity index (χ4n) is 2.43. The van der Waals surface area contributed by atoms with Gasteiger partial charge in [-0.2, -0.15) is 0 Å². The summed E-state index contributed by atoms with van der Waals surface area (Å²) in [5, 5.41) is 10.4. The van der Waals surface area contributed by atoms with Crippen molar-refractivity contribution >= 4 is 6.08 Å². The predicted octanol–water partition coefficient (Wildman–Crippen LogP) is 3.82. The predicted molar refractivity (Wildman–Crippen MR) is 87.7 cm³/mol. The molecule has 2 unspecified atom stereocenters. The van der Waals surface area contributed by atoms with Crippen LogP contribution in [0, 0.1) is 5.92 Å². The van der Waals surface area contributed by atoms with Crippen molar-refractivity contribution < 1.29 is 5.11 Å². The lowest BCUT2D eigenvalue weighted by Crippen LogP contribution is -2.30. The minimum atomic E-state index is -0.366. The molecule has 0 saturated carbocycles. The third-order valence-corrected chi connectivity index (χ3v) is 3.55. The molecule has 0 aliphatic rings. The van der Waals surface area contributed by atoms with E-state index in [1.165, 1.54) is 19.3 Å². The van der Waals surface area contributed by atoms with Gasteiger partial charge < -0.3 is 10.0 Å². The summed E-state index contributed by atoms with van der Waals surface area (Å²) < 4.78 is 0. The van der Waals surface area contributed by atoms with Gasteiger partial charge in [-0.15, -0.1) is 0 Å². The van der Waals surface area contributed by atoms with Crippen molar-refractivity contribution in [2.75, 3.05) is 20.6 Å². The number of aliphatic hydroxyl groups excluding tert-OH is 1. The van der Waals surface area contributed by atoms with E-state index < -0.39 is 0 Å². The topological polar surface area (TPSA) is 23.5 Å². The van der Waals surface area contributed by atoms with E-state index in [0.29, 0.717) is 5.92 Å². The zero-order valence-corrected chi connectivity index (χ0v) is 13.1. The van der Waals surface area contributed by atoms with Crippen LogP contribution in [0.3, 0.4) is 0 Å². The second-order valence-electron chi connectivity index (χ2n) is 5.78. The van der Waals surface area contributed by atoms with E-state index in [1.807, 2.05) is 30.4 Å². The Kier molecular flexibility index (Phi) is 8.24. The molecule has 1 aromatic rings. The highest BCUT2D eigenvalue weighted by Gasteiger charge is 2.17. The first-order valence-corrected chi connectivity index (χ1v) is 7.69. The number of nitrogens with zero attached hydrogens (tertiary/aromatic N) is 1. The summed E-state index contributed by atoms with van der Waals surface area (Å²) in [4.78, 5) is 2.16. The molecule has 2 atom stereocenters. The Bertz CT molecular complexity index is 372. The first-order valence-electron chi connectivity index (χ1n) is 7.69. The van der Waals surface area contributed by atoms with E-state index in [9.17, 15) is 5.11 Å². The summed E-state index contributed by atoms with van der Waals surface area (Å²) in [6.45, 7) is 3.15. The van der Waals surface area contributed by atoms with Crippen LogP contribution >= 0.6 is 0 Å². The molecule has 0 spiro atoms. The summed E-state index contributed by atoms with van der Waals surface area (Å²) in [5.74, 6) is 0.316. The van der Waals surface area contributed by atoms with Crippen molar-refractivity contribution in [3.05, 3.63) is 42.0 Å².